The molecule has 2 aliphatic rings. The van der Waals surface area contributed by atoms with Gasteiger partial charge in [-0.25, -0.2) is 0 Å². The molecule has 0 radical (unpaired) electrons. The second-order valence-corrected chi connectivity index (χ2v) is 7.06. The van der Waals surface area contributed by atoms with Gasteiger partial charge < -0.3 is 9.15 Å². The lowest BCUT2D eigenvalue weighted by atomic mass is 9.89. The summed E-state index contributed by atoms with van der Waals surface area (Å²) in [5, 5.41) is 4.31. The lowest BCUT2D eigenvalue weighted by molar-refractivity contribution is -0.0245. The summed E-state index contributed by atoms with van der Waals surface area (Å²) in [7, 11) is 3.83. The van der Waals surface area contributed by atoms with E-state index in [2.05, 4.69) is 27.2 Å². The highest BCUT2D eigenvalue weighted by Gasteiger charge is 2.44. The molecular formula is C18H26N4O2. The van der Waals surface area contributed by atoms with Crippen molar-refractivity contribution in [1.82, 2.24) is 19.6 Å². The summed E-state index contributed by atoms with van der Waals surface area (Å²) in [5.41, 5.74) is 1.29. The van der Waals surface area contributed by atoms with Gasteiger partial charge in [-0.2, -0.15) is 5.10 Å². The molecular weight excluding hydrogens is 304 g/mol. The summed E-state index contributed by atoms with van der Waals surface area (Å²) < 4.78 is 13.2. The molecule has 130 valence electrons. The minimum atomic E-state index is 0.363. The molecule has 2 aromatic rings. The van der Waals surface area contributed by atoms with E-state index in [1.165, 1.54) is 5.56 Å². The Hall–Kier alpha value is -1.63. The van der Waals surface area contributed by atoms with Crippen molar-refractivity contribution in [2.75, 3.05) is 26.7 Å². The lowest BCUT2D eigenvalue weighted by Crippen LogP contribution is -2.50. The van der Waals surface area contributed by atoms with E-state index in [9.17, 15) is 0 Å². The number of fused-ring (bicyclic) bond motifs is 1. The molecule has 6 heteroatoms. The summed E-state index contributed by atoms with van der Waals surface area (Å²) in [6.07, 6.45) is 7.32. The van der Waals surface area contributed by atoms with Crippen LogP contribution in [0.2, 0.25) is 0 Å². The molecule has 0 N–H and O–H groups in total. The van der Waals surface area contributed by atoms with Crippen molar-refractivity contribution < 1.29 is 9.15 Å². The van der Waals surface area contributed by atoms with Gasteiger partial charge in [0.1, 0.15) is 5.76 Å². The van der Waals surface area contributed by atoms with Crippen LogP contribution in [0, 0.1) is 5.92 Å². The monoisotopic (exact) mass is 330 g/mol. The van der Waals surface area contributed by atoms with E-state index < -0.39 is 0 Å². The topological polar surface area (TPSA) is 46.7 Å². The number of rotatable bonds is 5. The number of ether oxygens (including phenoxy) is 1. The Bertz CT molecular complexity index is 654. The van der Waals surface area contributed by atoms with Crippen LogP contribution in [0.5, 0.6) is 0 Å². The van der Waals surface area contributed by atoms with Gasteiger partial charge in [0.15, 0.2) is 0 Å². The van der Waals surface area contributed by atoms with Gasteiger partial charge in [-0.3, -0.25) is 14.5 Å². The summed E-state index contributed by atoms with van der Waals surface area (Å²) in [6.45, 7) is 5.10. The molecule has 2 fully saturated rings. The van der Waals surface area contributed by atoms with Crippen molar-refractivity contribution in [2.24, 2.45) is 13.0 Å². The van der Waals surface area contributed by atoms with Crippen LogP contribution in [0.25, 0.3) is 0 Å². The zero-order valence-electron chi connectivity index (χ0n) is 14.5. The number of furan rings is 1. The van der Waals surface area contributed by atoms with Crippen LogP contribution >= 0.6 is 0 Å². The van der Waals surface area contributed by atoms with Crippen molar-refractivity contribution in [3.8, 4) is 0 Å². The molecule has 0 spiro atoms. The van der Waals surface area contributed by atoms with E-state index in [4.69, 9.17) is 9.15 Å². The molecule has 6 nitrogen and oxygen atoms in total. The first-order valence-electron chi connectivity index (χ1n) is 8.72. The van der Waals surface area contributed by atoms with E-state index >= 15 is 0 Å². The van der Waals surface area contributed by atoms with Crippen molar-refractivity contribution >= 4 is 0 Å². The third-order valence-electron chi connectivity index (χ3n) is 5.46. The first-order valence-corrected chi connectivity index (χ1v) is 8.72. The number of methoxy groups -OCH3 is 1. The molecule has 0 aromatic carbocycles. The Labute approximate surface area is 143 Å². The van der Waals surface area contributed by atoms with E-state index in [1.54, 1.807) is 6.26 Å². The number of likely N-dealkylation sites (tertiary alicyclic amines) is 2. The van der Waals surface area contributed by atoms with Gasteiger partial charge in [0.05, 0.1) is 25.1 Å². The van der Waals surface area contributed by atoms with E-state index in [-0.39, 0.29) is 0 Å². The van der Waals surface area contributed by atoms with Crippen LogP contribution in [0.3, 0.4) is 0 Å². The summed E-state index contributed by atoms with van der Waals surface area (Å²) in [6, 6.07) is 4.56. The van der Waals surface area contributed by atoms with Crippen LogP contribution < -0.4 is 0 Å². The molecule has 2 aliphatic heterocycles. The fraction of sp³-hybridized carbons (Fsp3) is 0.611. The summed E-state index contributed by atoms with van der Waals surface area (Å²) >= 11 is 0. The molecule has 0 saturated carbocycles. The van der Waals surface area contributed by atoms with Gasteiger partial charge in [0.2, 0.25) is 0 Å². The molecule has 3 atom stereocenters. The molecule has 24 heavy (non-hydrogen) atoms. The third-order valence-corrected chi connectivity index (χ3v) is 5.46. The molecule has 4 rings (SSSR count). The molecule has 2 aromatic heterocycles. The highest BCUT2D eigenvalue weighted by Crippen LogP contribution is 2.34. The molecule has 0 aliphatic carbocycles. The maximum Gasteiger partial charge on any atom is 0.117 e. The Morgan fingerprint density at radius 3 is 2.96 bits per heavy atom. The molecule has 0 amide bonds. The van der Waals surface area contributed by atoms with Gasteiger partial charge in [-0.05, 0) is 18.6 Å². The minimum absolute atomic E-state index is 0.363. The van der Waals surface area contributed by atoms with Crippen molar-refractivity contribution in [1.29, 1.82) is 0 Å². The number of hydrogen-bond donors (Lipinski definition) is 0. The summed E-state index contributed by atoms with van der Waals surface area (Å²) in [5.74, 6) is 1.61. The average molecular weight is 330 g/mol. The molecule has 2 saturated heterocycles. The number of aromatic nitrogens is 2. The Kier molecular flexibility index (Phi) is 4.43. The maximum atomic E-state index is 5.80. The molecule has 0 unspecified atom stereocenters. The van der Waals surface area contributed by atoms with Crippen LogP contribution in [0.1, 0.15) is 17.7 Å². The van der Waals surface area contributed by atoms with Gasteiger partial charge in [0.25, 0.3) is 0 Å². The first-order chi connectivity index (χ1) is 11.7. The standard InChI is InChI=1S/C18H26N4O2/c1-20-9-14(8-19-20)10-22-6-5-18(23-2)16-12-21(13-17(16)22)11-15-4-3-7-24-15/h3-4,7-9,16-18H,5-6,10-13H2,1-2H3/t16-,17+,18-/m1/s1. The van der Waals surface area contributed by atoms with E-state index in [0.29, 0.717) is 18.1 Å². The van der Waals surface area contributed by atoms with Crippen LogP contribution in [0.4, 0.5) is 0 Å². The van der Waals surface area contributed by atoms with Crippen LogP contribution in [0.15, 0.2) is 35.2 Å². The van der Waals surface area contributed by atoms with E-state index in [1.807, 2.05) is 31.1 Å². The van der Waals surface area contributed by atoms with Crippen molar-refractivity contribution in [3.63, 3.8) is 0 Å². The number of piperidine rings is 1. The number of nitrogens with zero attached hydrogens (tertiary/aromatic N) is 4. The molecule has 4 heterocycles. The van der Waals surface area contributed by atoms with Gasteiger partial charge >= 0.3 is 0 Å². The van der Waals surface area contributed by atoms with Gasteiger partial charge in [0, 0.05) is 64.1 Å². The van der Waals surface area contributed by atoms with Crippen LogP contribution in [-0.4, -0.2) is 58.5 Å². The Balaban J connectivity index is 1.47. The lowest BCUT2D eigenvalue weighted by Gasteiger charge is -2.41. The van der Waals surface area contributed by atoms with Crippen LogP contribution in [-0.2, 0) is 24.9 Å². The quantitative estimate of drug-likeness (QED) is 0.836. The zero-order chi connectivity index (χ0) is 16.5. The predicted molar refractivity (Wildman–Crippen MR) is 90.3 cm³/mol. The third kappa shape index (κ3) is 3.14. The molecule has 0 bridgehead atoms. The predicted octanol–water partition coefficient (Wildman–Crippen LogP) is 1.73. The second kappa shape index (κ2) is 6.70. The summed E-state index contributed by atoms with van der Waals surface area (Å²) in [4.78, 5) is 5.11. The van der Waals surface area contributed by atoms with Crippen molar-refractivity contribution in [3.05, 3.63) is 42.1 Å². The van der Waals surface area contributed by atoms with Gasteiger partial charge in [-0.15, -0.1) is 0 Å². The second-order valence-electron chi connectivity index (χ2n) is 7.06. The fourth-order valence-corrected chi connectivity index (χ4v) is 4.35. The van der Waals surface area contributed by atoms with E-state index in [0.717, 1.165) is 44.9 Å². The Morgan fingerprint density at radius 1 is 1.33 bits per heavy atom. The number of aryl methyl sites for hydroxylation is 1. The maximum absolute atomic E-state index is 5.80. The largest absolute Gasteiger partial charge is 0.468 e. The minimum Gasteiger partial charge on any atom is -0.468 e. The average Bonchev–Trinajstić information content (AvgIpc) is 3.30. The number of hydrogen-bond acceptors (Lipinski definition) is 5. The highest BCUT2D eigenvalue weighted by atomic mass is 16.5. The fourth-order valence-electron chi connectivity index (χ4n) is 4.35. The normalized spacial score (nSPS) is 28.3. The Morgan fingerprint density at radius 2 is 2.25 bits per heavy atom. The SMILES string of the molecule is CO[C@@H]1CCN(Cc2cnn(C)c2)[C@H]2CN(Cc3ccco3)C[C@@H]12. The van der Waals surface area contributed by atoms with Crippen molar-refractivity contribution in [2.45, 2.75) is 31.7 Å². The zero-order valence-corrected chi connectivity index (χ0v) is 14.5. The highest BCUT2D eigenvalue weighted by molar-refractivity contribution is 5.07. The first kappa shape index (κ1) is 15.9. The smallest absolute Gasteiger partial charge is 0.117 e. The van der Waals surface area contributed by atoms with Gasteiger partial charge in [-0.1, -0.05) is 0 Å².